The van der Waals surface area contributed by atoms with Crippen LogP contribution >= 0.6 is 12.2 Å². The van der Waals surface area contributed by atoms with Crippen molar-refractivity contribution in [3.63, 3.8) is 0 Å². The molecule has 0 bridgehead atoms. The van der Waals surface area contributed by atoms with Gasteiger partial charge in [0, 0.05) is 11.3 Å². The third-order valence-electron chi connectivity index (χ3n) is 3.30. The predicted molar refractivity (Wildman–Crippen MR) is 76.9 cm³/mol. The van der Waals surface area contributed by atoms with Crippen molar-refractivity contribution in [2.24, 2.45) is 5.73 Å². The summed E-state index contributed by atoms with van der Waals surface area (Å²) in [4.78, 5) is 25.1. The first-order valence-electron chi connectivity index (χ1n) is 5.95. The number of piperazine rings is 1. The minimum atomic E-state index is -0.967. The van der Waals surface area contributed by atoms with Crippen LogP contribution in [0.3, 0.4) is 0 Å². The average molecular weight is 295 g/mol. The molecule has 1 fully saturated rings. The van der Waals surface area contributed by atoms with Gasteiger partial charge in [-0.25, -0.2) is 4.39 Å². The predicted octanol–water partition coefficient (Wildman–Crippen LogP) is 0.701. The number of carbonyl (C=O) groups is 2. The van der Waals surface area contributed by atoms with Crippen LogP contribution in [0.4, 0.5) is 10.1 Å². The monoisotopic (exact) mass is 295 g/mol. The first-order valence-corrected chi connectivity index (χ1v) is 6.35. The maximum absolute atomic E-state index is 13.3. The Hall–Kier alpha value is -2.02. The molecule has 1 saturated heterocycles. The van der Waals surface area contributed by atoms with Gasteiger partial charge in [0.2, 0.25) is 5.91 Å². The van der Waals surface area contributed by atoms with Crippen LogP contribution in [0.1, 0.15) is 19.4 Å². The van der Waals surface area contributed by atoms with E-state index in [1.54, 1.807) is 18.7 Å². The third kappa shape index (κ3) is 2.36. The van der Waals surface area contributed by atoms with Gasteiger partial charge in [-0.3, -0.25) is 14.9 Å². The molecule has 0 radical (unpaired) electrons. The third-order valence-corrected chi connectivity index (χ3v) is 3.52. The molecule has 0 aromatic heterocycles. The Balaban J connectivity index is 2.57. The SMILES string of the molecule is CC1(C)C(=O)NC(=O)CN1c1ccc(F)cc1C(N)=S. The molecule has 0 saturated carbocycles. The molecule has 1 heterocycles. The lowest BCUT2D eigenvalue weighted by Gasteiger charge is -2.42. The fourth-order valence-corrected chi connectivity index (χ4v) is 2.27. The van der Waals surface area contributed by atoms with E-state index < -0.39 is 23.2 Å². The second-order valence-electron chi connectivity index (χ2n) is 5.05. The summed E-state index contributed by atoms with van der Waals surface area (Å²) in [6.45, 7) is 3.31. The molecule has 106 valence electrons. The second kappa shape index (κ2) is 4.82. The Morgan fingerprint density at radius 3 is 2.70 bits per heavy atom. The van der Waals surface area contributed by atoms with Crippen LogP contribution in [0.25, 0.3) is 0 Å². The maximum Gasteiger partial charge on any atom is 0.251 e. The van der Waals surface area contributed by atoms with E-state index >= 15 is 0 Å². The molecule has 2 amide bonds. The van der Waals surface area contributed by atoms with Gasteiger partial charge in [-0.15, -0.1) is 0 Å². The fourth-order valence-electron chi connectivity index (χ4n) is 2.11. The van der Waals surface area contributed by atoms with E-state index in [1.807, 2.05) is 0 Å². The molecule has 0 spiro atoms. The quantitative estimate of drug-likeness (QED) is 0.620. The van der Waals surface area contributed by atoms with Gasteiger partial charge < -0.3 is 10.6 Å². The van der Waals surface area contributed by atoms with Crippen molar-refractivity contribution in [2.75, 3.05) is 11.4 Å². The van der Waals surface area contributed by atoms with Gasteiger partial charge in [0.1, 0.15) is 16.3 Å². The van der Waals surface area contributed by atoms with Gasteiger partial charge in [-0.1, -0.05) is 12.2 Å². The summed E-state index contributed by atoms with van der Waals surface area (Å²) in [5, 5.41) is 2.27. The Morgan fingerprint density at radius 2 is 2.10 bits per heavy atom. The highest BCUT2D eigenvalue weighted by molar-refractivity contribution is 7.80. The number of nitrogens with zero attached hydrogens (tertiary/aromatic N) is 1. The minimum absolute atomic E-state index is 0.00808. The van der Waals surface area contributed by atoms with Crippen LogP contribution in [0.15, 0.2) is 18.2 Å². The number of nitrogens with one attached hydrogen (secondary N) is 1. The van der Waals surface area contributed by atoms with Gasteiger partial charge in [0.15, 0.2) is 0 Å². The lowest BCUT2D eigenvalue weighted by atomic mass is 9.96. The topological polar surface area (TPSA) is 75.4 Å². The molecule has 1 aliphatic rings. The number of carbonyl (C=O) groups excluding carboxylic acids is 2. The average Bonchev–Trinajstić information content (AvgIpc) is 2.34. The highest BCUT2D eigenvalue weighted by atomic mass is 32.1. The first-order chi connectivity index (χ1) is 9.23. The zero-order valence-electron chi connectivity index (χ0n) is 11.1. The van der Waals surface area contributed by atoms with Crippen LogP contribution in [0.2, 0.25) is 0 Å². The van der Waals surface area contributed by atoms with Crippen molar-refractivity contribution >= 4 is 34.7 Å². The molecule has 0 atom stereocenters. The molecular weight excluding hydrogens is 281 g/mol. The first kappa shape index (κ1) is 14.4. The molecule has 1 aliphatic heterocycles. The van der Waals surface area contributed by atoms with Crippen LogP contribution in [-0.2, 0) is 9.59 Å². The molecule has 1 aromatic carbocycles. The molecule has 0 unspecified atom stereocenters. The minimum Gasteiger partial charge on any atom is -0.389 e. The normalized spacial score (nSPS) is 17.9. The molecule has 20 heavy (non-hydrogen) atoms. The van der Waals surface area contributed by atoms with E-state index in [1.165, 1.54) is 18.2 Å². The smallest absolute Gasteiger partial charge is 0.251 e. The van der Waals surface area contributed by atoms with Crippen molar-refractivity contribution in [3.8, 4) is 0 Å². The van der Waals surface area contributed by atoms with Crippen molar-refractivity contribution in [2.45, 2.75) is 19.4 Å². The van der Waals surface area contributed by atoms with E-state index in [-0.39, 0.29) is 11.5 Å². The van der Waals surface area contributed by atoms with Gasteiger partial charge in [-0.05, 0) is 32.0 Å². The lowest BCUT2D eigenvalue weighted by Crippen LogP contribution is -2.64. The number of hydrogen-bond donors (Lipinski definition) is 2. The van der Waals surface area contributed by atoms with E-state index in [0.717, 1.165) is 0 Å². The molecule has 5 nitrogen and oxygen atoms in total. The summed E-state index contributed by atoms with van der Waals surface area (Å²) in [6.07, 6.45) is 0. The summed E-state index contributed by atoms with van der Waals surface area (Å²) in [5.41, 5.74) is 5.40. The molecule has 7 heteroatoms. The van der Waals surface area contributed by atoms with E-state index in [4.69, 9.17) is 18.0 Å². The number of amides is 2. The summed E-state index contributed by atoms with van der Waals surface area (Å²) in [6, 6.07) is 3.91. The number of nitrogens with two attached hydrogens (primary N) is 1. The number of anilines is 1. The van der Waals surface area contributed by atoms with Crippen molar-refractivity contribution < 1.29 is 14.0 Å². The number of thiocarbonyl (C=S) groups is 1. The second-order valence-corrected chi connectivity index (χ2v) is 5.49. The van der Waals surface area contributed by atoms with Gasteiger partial charge >= 0.3 is 0 Å². The van der Waals surface area contributed by atoms with Crippen molar-refractivity contribution in [3.05, 3.63) is 29.6 Å². The van der Waals surface area contributed by atoms with E-state index in [0.29, 0.717) is 11.3 Å². The summed E-state index contributed by atoms with van der Waals surface area (Å²) in [5.74, 6) is -1.33. The zero-order chi connectivity index (χ0) is 15.1. The summed E-state index contributed by atoms with van der Waals surface area (Å²) < 4.78 is 13.3. The number of rotatable bonds is 2. The highest BCUT2D eigenvalue weighted by Gasteiger charge is 2.41. The Labute approximate surface area is 120 Å². The Bertz CT molecular complexity index is 616. The Kier molecular flexibility index (Phi) is 3.47. The molecular formula is C13H14FN3O2S. The van der Waals surface area contributed by atoms with Crippen LogP contribution in [0.5, 0.6) is 0 Å². The number of benzene rings is 1. The zero-order valence-corrected chi connectivity index (χ0v) is 11.9. The largest absolute Gasteiger partial charge is 0.389 e. The van der Waals surface area contributed by atoms with Gasteiger partial charge in [-0.2, -0.15) is 0 Å². The summed E-state index contributed by atoms with van der Waals surface area (Å²) >= 11 is 4.91. The highest BCUT2D eigenvalue weighted by Crippen LogP contribution is 2.30. The number of imide groups is 1. The van der Waals surface area contributed by atoms with Crippen LogP contribution in [-0.4, -0.2) is 28.9 Å². The van der Waals surface area contributed by atoms with Crippen molar-refractivity contribution in [1.82, 2.24) is 5.32 Å². The van der Waals surface area contributed by atoms with Gasteiger partial charge in [0.05, 0.1) is 6.54 Å². The maximum atomic E-state index is 13.3. The van der Waals surface area contributed by atoms with Crippen LogP contribution in [0, 0.1) is 5.82 Å². The van der Waals surface area contributed by atoms with E-state index in [2.05, 4.69) is 5.32 Å². The Morgan fingerprint density at radius 1 is 1.45 bits per heavy atom. The molecule has 0 aliphatic carbocycles. The van der Waals surface area contributed by atoms with E-state index in [9.17, 15) is 14.0 Å². The van der Waals surface area contributed by atoms with Crippen molar-refractivity contribution in [1.29, 1.82) is 0 Å². The van der Waals surface area contributed by atoms with Crippen LogP contribution < -0.4 is 16.0 Å². The molecule has 2 rings (SSSR count). The number of hydrogen-bond acceptors (Lipinski definition) is 4. The number of halogens is 1. The fraction of sp³-hybridized carbons (Fsp3) is 0.308. The lowest BCUT2D eigenvalue weighted by molar-refractivity contribution is -0.135. The molecule has 1 aromatic rings. The summed E-state index contributed by atoms with van der Waals surface area (Å²) in [7, 11) is 0. The van der Waals surface area contributed by atoms with Gasteiger partial charge in [0.25, 0.3) is 5.91 Å². The standard InChI is InChI=1S/C13H14FN3O2S/c1-13(2)12(19)16-10(18)6-17(13)9-4-3-7(14)5-8(9)11(15)20/h3-5H,6H2,1-2H3,(H2,15,20)(H,16,18,19). The molecule has 3 N–H and O–H groups in total.